The summed E-state index contributed by atoms with van der Waals surface area (Å²) in [6, 6.07) is 0. The van der Waals surface area contributed by atoms with E-state index in [1.54, 1.807) is 0 Å². The summed E-state index contributed by atoms with van der Waals surface area (Å²) in [5.74, 6) is 1.37. The van der Waals surface area contributed by atoms with Crippen LogP contribution in [0.5, 0.6) is 0 Å². The zero-order valence-corrected chi connectivity index (χ0v) is 13.1. The Morgan fingerprint density at radius 2 is 1.74 bits per heavy atom. The minimum atomic E-state index is 0.308. The van der Waals surface area contributed by atoms with Crippen molar-refractivity contribution in [3.63, 3.8) is 0 Å². The van der Waals surface area contributed by atoms with Gasteiger partial charge in [0.1, 0.15) is 0 Å². The third-order valence-electron chi connectivity index (χ3n) is 4.67. The highest BCUT2D eigenvalue weighted by molar-refractivity contribution is 5.79. The van der Waals surface area contributed by atoms with E-state index in [1.807, 2.05) is 0 Å². The molecule has 1 aliphatic heterocycles. The lowest BCUT2D eigenvalue weighted by Crippen LogP contribution is -2.49. The van der Waals surface area contributed by atoms with Gasteiger partial charge in [-0.3, -0.25) is 4.79 Å². The fourth-order valence-electron chi connectivity index (χ4n) is 3.65. The maximum absolute atomic E-state index is 12.7. The molecule has 0 spiro atoms. The fourth-order valence-corrected chi connectivity index (χ4v) is 3.65. The first kappa shape index (κ1) is 14.8. The number of amides is 1. The van der Waals surface area contributed by atoms with Crippen LogP contribution < -0.4 is 0 Å². The Balaban J connectivity index is 1.94. The largest absolute Gasteiger partial charge is 0.340 e. The second-order valence-electron chi connectivity index (χ2n) is 7.69. The molecule has 0 N–H and O–H groups in total. The van der Waals surface area contributed by atoms with E-state index in [0.29, 0.717) is 23.2 Å². The van der Waals surface area contributed by atoms with E-state index in [4.69, 9.17) is 0 Å². The van der Waals surface area contributed by atoms with E-state index < -0.39 is 0 Å². The first-order valence-corrected chi connectivity index (χ1v) is 7.84. The summed E-state index contributed by atoms with van der Waals surface area (Å²) in [7, 11) is 2.14. The van der Waals surface area contributed by atoms with Crippen molar-refractivity contribution in [2.45, 2.75) is 46.5 Å². The molecule has 2 fully saturated rings. The van der Waals surface area contributed by atoms with Gasteiger partial charge in [0.05, 0.1) is 0 Å². The molecular formula is C16H30N2O. The molecule has 19 heavy (non-hydrogen) atoms. The average molecular weight is 266 g/mol. The van der Waals surface area contributed by atoms with Gasteiger partial charge < -0.3 is 9.80 Å². The monoisotopic (exact) mass is 266 g/mol. The molecule has 0 bridgehead atoms. The van der Waals surface area contributed by atoms with Gasteiger partial charge in [-0.2, -0.15) is 0 Å². The van der Waals surface area contributed by atoms with Crippen LogP contribution in [0.15, 0.2) is 0 Å². The van der Waals surface area contributed by atoms with Crippen LogP contribution in [0.3, 0.4) is 0 Å². The molecule has 3 heteroatoms. The van der Waals surface area contributed by atoms with Crippen molar-refractivity contribution in [1.82, 2.24) is 9.80 Å². The van der Waals surface area contributed by atoms with E-state index in [1.165, 1.54) is 19.3 Å². The normalized spacial score (nSPS) is 29.8. The average Bonchev–Trinajstić information content (AvgIpc) is 2.75. The lowest BCUT2D eigenvalue weighted by Gasteiger charge is -2.36. The molecule has 0 aromatic carbocycles. The number of likely N-dealkylation sites (N-methyl/N-ethyl adjacent to an activating group) is 1. The van der Waals surface area contributed by atoms with E-state index in [0.717, 1.165) is 32.6 Å². The fraction of sp³-hybridized carbons (Fsp3) is 0.938. The number of carbonyl (C=O) groups is 1. The molecule has 1 saturated carbocycles. The minimum Gasteiger partial charge on any atom is -0.340 e. The smallest absolute Gasteiger partial charge is 0.226 e. The van der Waals surface area contributed by atoms with E-state index in [9.17, 15) is 4.79 Å². The predicted octanol–water partition coefficient (Wildman–Crippen LogP) is 2.61. The first-order valence-electron chi connectivity index (χ1n) is 7.84. The second-order valence-corrected chi connectivity index (χ2v) is 7.69. The lowest BCUT2D eigenvalue weighted by atomic mass is 9.79. The number of hydrogen-bond donors (Lipinski definition) is 0. The SMILES string of the molecule is CN1CCN(C(=O)C2CCCC2CC(C)(C)C)CC1. The molecule has 2 atom stereocenters. The quantitative estimate of drug-likeness (QED) is 0.767. The number of rotatable bonds is 2. The Morgan fingerprint density at radius 1 is 1.11 bits per heavy atom. The zero-order chi connectivity index (χ0) is 14.0. The summed E-state index contributed by atoms with van der Waals surface area (Å²) >= 11 is 0. The Kier molecular flexibility index (Phi) is 4.54. The van der Waals surface area contributed by atoms with Crippen molar-refractivity contribution in [3.8, 4) is 0 Å². The molecule has 1 heterocycles. The number of nitrogens with zero attached hydrogens (tertiary/aromatic N) is 2. The van der Waals surface area contributed by atoms with Gasteiger partial charge in [0.15, 0.2) is 0 Å². The number of hydrogen-bond acceptors (Lipinski definition) is 2. The van der Waals surface area contributed by atoms with Gasteiger partial charge in [-0.15, -0.1) is 0 Å². The molecule has 110 valence electrons. The van der Waals surface area contributed by atoms with E-state index in [2.05, 4.69) is 37.6 Å². The molecule has 2 rings (SSSR count). The van der Waals surface area contributed by atoms with Gasteiger partial charge >= 0.3 is 0 Å². The maximum Gasteiger partial charge on any atom is 0.226 e. The van der Waals surface area contributed by atoms with Crippen LogP contribution in [0.1, 0.15) is 46.5 Å². The molecule has 1 aliphatic carbocycles. The van der Waals surface area contributed by atoms with Gasteiger partial charge in [-0.1, -0.05) is 27.2 Å². The molecule has 2 aliphatic rings. The van der Waals surface area contributed by atoms with Crippen LogP contribution in [-0.4, -0.2) is 48.9 Å². The van der Waals surface area contributed by atoms with Gasteiger partial charge in [-0.05, 0) is 37.6 Å². The minimum absolute atomic E-state index is 0.308. The summed E-state index contributed by atoms with van der Waals surface area (Å²) < 4.78 is 0. The molecule has 1 amide bonds. The Morgan fingerprint density at radius 3 is 2.32 bits per heavy atom. The van der Waals surface area contributed by atoms with Crippen molar-refractivity contribution in [2.75, 3.05) is 33.2 Å². The van der Waals surface area contributed by atoms with Crippen LogP contribution in [0.25, 0.3) is 0 Å². The third kappa shape index (κ3) is 3.95. The topological polar surface area (TPSA) is 23.6 Å². The van der Waals surface area contributed by atoms with Gasteiger partial charge in [0.2, 0.25) is 5.91 Å². The summed E-state index contributed by atoms with van der Waals surface area (Å²) in [6.45, 7) is 10.8. The molecule has 0 radical (unpaired) electrons. The van der Waals surface area contributed by atoms with Crippen LogP contribution in [0.2, 0.25) is 0 Å². The number of piperazine rings is 1. The molecule has 0 aromatic rings. The highest BCUT2D eigenvalue weighted by Gasteiger charge is 2.37. The molecule has 3 nitrogen and oxygen atoms in total. The molecule has 2 unspecified atom stereocenters. The molecule has 1 saturated heterocycles. The van der Waals surface area contributed by atoms with Crippen molar-refractivity contribution in [2.24, 2.45) is 17.3 Å². The van der Waals surface area contributed by atoms with Crippen molar-refractivity contribution >= 4 is 5.91 Å². The van der Waals surface area contributed by atoms with E-state index >= 15 is 0 Å². The molecular weight excluding hydrogens is 236 g/mol. The lowest BCUT2D eigenvalue weighted by molar-refractivity contribution is -0.138. The highest BCUT2D eigenvalue weighted by Crippen LogP contribution is 2.40. The highest BCUT2D eigenvalue weighted by atomic mass is 16.2. The summed E-state index contributed by atoms with van der Waals surface area (Å²) in [5, 5.41) is 0. The van der Waals surface area contributed by atoms with Crippen LogP contribution in [0.4, 0.5) is 0 Å². The van der Waals surface area contributed by atoms with Crippen LogP contribution >= 0.6 is 0 Å². The van der Waals surface area contributed by atoms with Crippen LogP contribution in [0, 0.1) is 17.3 Å². The Labute approximate surface area is 118 Å². The Hall–Kier alpha value is -0.570. The van der Waals surface area contributed by atoms with Gasteiger partial charge in [0.25, 0.3) is 0 Å². The summed E-state index contributed by atoms with van der Waals surface area (Å²) in [4.78, 5) is 17.1. The summed E-state index contributed by atoms with van der Waals surface area (Å²) in [6.07, 6.45) is 4.80. The standard InChI is InChI=1S/C16H30N2O/c1-16(2,3)12-13-6-5-7-14(13)15(19)18-10-8-17(4)9-11-18/h13-14H,5-12H2,1-4H3. The predicted molar refractivity (Wildman–Crippen MR) is 79.0 cm³/mol. The molecule has 0 aromatic heterocycles. The van der Waals surface area contributed by atoms with Crippen LogP contribution in [-0.2, 0) is 4.79 Å². The maximum atomic E-state index is 12.7. The first-order chi connectivity index (χ1) is 8.87. The third-order valence-corrected chi connectivity index (χ3v) is 4.67. The second kappa shape index (κ2) is 5.82. The van der Waals surface area contributed by atoms with Gasteiger partial charge in [-0.25, -0.2) is 0 Å². The van der Waals surface area contributed by atoms with Crippen molar-refractivity contribution in [3.05, 3.63) is 0 Å². The zero-order valence-electron chi connectivity index (χ0n) is 13.1. The van der Waals surface area contributed by atoms with Crippen molar-refractivity contribution < 1.29 is 4.79 Å². The van der Waals surface area contributed by atoms with Crippen molar-refractivity contribution in [1.29, 1.82) is 0 Å². The Bertz CT molecular complexity index is 313. The summed E-state index contributed by atoms with van der Waals surface area (Å²) in [5.41, 5.74) is 0.343. The number of carbonyl (C=O) groups excluding carboxylic acids is 1. The van der Waals surface area contributed by atoms with Gasteiger partial charge in [0, 0.05) is 32.1 Å². The van der Waals surface area contributed by atoms with E-state index in [-0.39, 0.29) is 0 Å².